The van der Waals surface area contributed by atoms with E-state index in [1.165, 1.54) is 337 Å². The van der Waals surface area contributed by atoms with Gasteiger partial charge in [0.15, 0.2) is 0 Å². The zero-order valence-corrected chi connectivity index (χ0v) is 51.8. The van der Waals surface area contributed by atoms with Gasteiger partial charge in [0.05, 0.1) is 46.5 Å². The molecule has 0 aliphatic rings. The van der Waals surface area contributed by atoms with Crippen LogP contribution in [0.15, 0.2) is 48.5 Å². The van der Waals surface area contributed by atoms with Gasteiger partial charge in [-0.05, 0) is 75.6 Å². The molecule has 0 heterocycles. The molecule has 0 saturated carbocycles. The van der Waals surface area contributed by atoms with Gasteiger partial charge in [-0.15, -0.1) is 0 Å². The number of unbranched alkanes of at least 4 members (excludes halogenated alkanes) is 38. The Kier molecular flexibility index (Phi) is 49.1. The lowest BCUT2D eigenvalue weighted by atomic mass is 9.15. The van der Waals surface area contributed by atoms with Gasteiger partial charge in [0, 0.05) is 0 Å². The molecule has 74 heavy (non-hydrogen) atoms. The van der Waals surface area contributed by atoms with Gasteiger partial charge >= 0.3 is 0 Å². The summed E-state index contributed by atoms with van der Waals surface area (Å²) in [5.74, 6) is 1.90. The summed E-state index contributed by atoms with van der Waals surface area (Å²) in [5.41, 5.74) is 3.01. The number of benzene rings is 2. The molecule has 0 aromatic heterocycles. The van der Waals surface area contributed by atoms with Gasteiger partial charge in [0.1, 0.15) is 11.5 Å². The highest BCUT2D eigenvalue weighted by atomic mass is 16.5. The molecule has 2 aromatic rings. The summed E-state index contributed by atoms with van der Waals surface area (Å²) in [7, 11) is 3.54. The van der Waals surface area contributed by atoms with Crippen LogP contribution in [0, 0.1) is 0 Å². The Morgan fingerprint density at radius 2 is 0.446 bits per heavy atom. The minimum atomic E-state index is -0.838. The van der Waals surface area contributed by atoms with Crippen LogP contribution in [0.25, 0.3) is 0 Å². The van der Waals surface area contributed by atoms with Crippen LogP contribution in [-0.4, -0.2) is 51.0 Å². The predicted octanol–water partition coefficient (Wildman–Crippen LogP) is 22.4. The molecule has 432 valence electrons. The Morgan fingerprint density at radius 3 is 0.649 bits per heavy atom. The molecule has 0 fully saturated rings. The number of quaternary nitrogens is 1. The molecule has 3 nitrogen and oxygen atoms in total. The Hall–Kier alpha value is -1.94. The van der Waals surface area contributed by atoms with E-state index < -0.39 is 6.15 Å². The molecule has 0 aliphatic carbocycles. The average molecular weight is 1030 g/mol. The van der Waals surface area contributed by atoms with E-state index >= 15 is 0 Å². The van der Waals surface area contributed by atoms with Gasteiger partial charge in [0.25, 0.3) is 0 Å². The van der Waals surface area contributed by atoms with Gasteiger partial charge in [-0.1, -0.05) is 297 Å². The lowest BCUT2D eigenvalue weighted by Gasteiger charge is -2.42. The number of hydrogen-bond donors (Lipinski definition) is 0. The molecule has 0 N–H and O–H groups in total. The van der Waals surface area contributed by atoms with Crippen LogP contribution in [0.4, 0.5) is 0 Å². The standard InChI is InChI=1S/C38H64BO2.C32H68N/c1-5-7-9-11-13-15-17-19-21-23-33-39(35-25-29-37(40-3)30-26-35,36-27-31-38(41-4)32-28-36)34-24-22-20-18-16-14-12-10-8-6-2;1-5-9-13-17-21-25-29-33(30-26-22-18-14-10-6-2,31-27-23-19-15-11-7-3)32-28-24-20-16-12-8-4/h25-32H,5-24,33-34H2,1-4H3;5-32H2,1-4H3/q-1;+1. The van der Waals surface area contributed by atoms with Gasteiger partial charge in [-0.2, -0.15) is 12.6 Å². The smallest absolute Gasteiger partial charge is 0.118 e. The summed E-state index contributed by atoms with van der Waals surface area (Å²) < 4.78 is 12.6. The molecule has 2 aromatic carbocycles. The molecular weight excluding hydrogens is 898 g/mol. The van der Waals surface area contributed by atoms with Crippen molar-refractivity contribution in [1.29, 1.82) is 0 Å². The van der Waals surface area contributed by atoms with E-state index in [9.17, 15) is 0 Å². The Balaban J connectivity index is 0.000000760. The van der Waals surface area contributed by atoms with Crippen LogP contribution in [0.2, 0.25) is 12.6 Å². The maximum Gasteiger partial charge on any atom is 0.118 e. The Labute approximate surface area is 466 Å². The molecule has 4 heteroatoms. The van der Waals surface area contributed by atoms with Crippen LogP contribution in [0.1, 0.15) is 324 Å². The molecule has 0 saturated heterocycles. The summed E-state index contributed by atoms with van der Waals surface area (Å²) in [6.07, 6.45) is 64.2. The third-order valence-electron chi connectivity index (χ3n) is 17.6. The topological polar surface area (TPSA) is 18.5 Å². The second-order valence-corrected chi connectivity index (χ2v) is 24.0. The average Bonchev–Trinajstić information content (AvgIpc) is 3.43. The van der Waals surface area contributed by atoms with Gasteiger partial charge < -0.3 is 14.0 Å². The summed E-state index contributed by atoms with van der Waals surface area (Å²) in [6.45, 7) is 19.9. The van der Waals surface area contributed by atoms with E-state index in [0.717, 1.165) is 11.5 Å². The van der Waals surface area contributed by atoms with Crippen molar-refractivity contribution in [3.63, 3.8) is 0 Å². The fourth-order valence-electron chi connectivity index (χ4n) is 12.5. The summed E-state index contributed by atoms with van der Waals surface area (Å²) >= 11 is 0. The van der Waals surface area contributed by atoms with Crippen LogP contribution in [0.3, 0.4) is 0 Å². The molecule has 2 rings (SSSR count). The molecule has 0 unspecified atom stereocenters. The first-order chi connectivity index (χ1) is 36.4. The Bertz CT molecular complexity index is 1270. The van der Waals surface area contributed by atoms with Crippen molar-refractivity contribution >= 4 is 17.1 Å². The van der Waals surface area contributed by atoms with E-state index in [0.29, 0.717) is 0 Å². The lowest BCUT2D eigenvalue weighted by molar-refractivity contribution is -0.929. The second-order valence-electron chi connectivity index (χ2n) is 24.0. The van der Waals surface area contributed by atoms with Crippen LogP contribution < -0.4 is 20.4 Å². The van der Waals surface area contributed by atoms with Crippen LogP contribution in [0.5, 0.6) is 11.5 Å². The highest BCUT2D eigenvalue weighted by Gasteiger charge is 2.28. The number of hydrogen-bond acceptors (Lipinski definition) is 2. The van der Waals surface area contributed by atoms with Crippen molar-refractivity contribution in [2.45, 2.75) is 337 Å². The highest BCUT2D eigenvalue weighted by Crippen LogP contribution is 2.27. The first kappa shape index (κ1) is 70.1. The number of ether oxygens (including phenoxy) is 2. The monoisotopic (exact) mass is 1030 g/mol. The van der Waals surface area contributed by atoms with Crippen molar-refractivity contribution in [1.82, 2.24) is 0 Å². The van der Waals surface area contributed by atoms with Crippen molar-refractivity contribution in [2.24, 2.45) is 0 Å². The maximum absolute atomic E-state index is 5.54. The maximum atomic E-state index is 5.54. The molecular formula is C70H132BNO2. The molecule has 0 aliphatic heterocycles. The van der Waals surface area contributed by atoms with Crippen molar-refractivity contribution in [3.8, 4) is 11.5 Å². The first-order valence-corrected chi connectivity index (χ1v) is 33.8. The van der Waals surface area contributed by atoms with E-state index in [1.807, 2.05) is 0 Å². The quantitative estimate of drug-likeness (QED) is 0.0373. The fourth-order valence-corrected chi connectivity index (χ4v) is 12.5. The zero-order valence-electron chi connectivity index (χ0n) is 51.8. The third-order valence-corrected chi connectivity index (χ3v) is 17.6. The zero-order chi connectivity index (χ0) is 53.7. The van der Waals surface area contributed by atoms with E-state index in [1.54, 1.807) is 14.2 Å². The highest BCUT2D eigenvalue weighted by molar-refractivity contribution is 7.02. The van der Waals surface area contributed by atoms with Gasteiger partial charge in [-0.25, -0.2) is 10.9 Å². The third kappa shape index (κ3) is 36.2. The van der Waals surface area contributed by atoms with E-state index in [2.05, 4.69) is 90.1 Å². The van der Waals surface area contributed by atoms with Gasteiger partial charge in [0.2, 0.25) is 0 Å². The largest absolute Gasteiger partial charge is 0.497 e. The molecule has 0 amide bonds. The van der Waals surface area contributed by atoms with Gasteiger partial charge in [-0.3, -0.25) is 0 Å². The first-order valence-electron chi connectivity index (χ1n) is 33.8. The second kappa shape index (κ2) is 51.8. The molecule has 0 bridgehead atoms. The van der Waals surface area contributed by atoms with E-state index in [4.69, 9.17) is 9.47 Å². The normalized spacial score (nSPS) is 11.8. The van der Waals surface area contributed by atoms with Crippen molar-refractivity contribution in [2.75, 3.05) is 40.4 Å². The minimum absolute atomic E-state index is 0.838. The number of rotatable bonds is 54. The van der Waals surface area contributed by atoms with Crippen LogP contribution in [-0.2, 0) is 0 Å². The molecule has 0 atom stereocenters. The predicted molar refractivity (Wildman–Crippen MR) is 338 cm³/mol. The summed E-state index contributed by atoms with van der Waals surface area (Å²) in [4.78, 5) is 0. The minimum Gasteiger partial charge on any atom is -0.497 e. The van der Waals surface area contributed by atoms with Crippen LogP contribution >= 0.6 is 0 Å². The summed E-state index contributed by atoms with van der Waals surface area (Å²) in [5, 5.41) is 0. The van der Waals surface area contributed by atoms with Crippen molar-refractivity contribution < 1.29 is 14.0 Å². The SMILES string of the molecule is CCCCCCCCCCCC[B-](CCCCCCCCCCCC)(c1ccc(OC)cc1)c1ccc(OC)cc1.CCCCCCCC[N+](CCCCCCCC)(CCCCCCCC)CCCCCCCC. The van der Waals surface area contributed by atoms with Crippen molar-refractivity contribution in [3.05, 3.63) is 48.5 Å². The lowest BCUT2D eigenvalue weighted by Crippen LogP contribution is -2.58. The fraction of sp³-hybridized carbons (Fsp3) is 0.829. The number of nitrogens with zero attached hydrogens (tertiary/aromatic N) is 1. The molecule has 0 radical (unpaired) electrons. The number of methoxy groups -OCH3 is 2. The molecule has 0 spiro atoms. The Morgan fingerprint density at radius 1 is 0.257 bits per heavy atom. The van der Waals surface area contributed by atoms with E-state index in [-0.39, 0.29) is 0 Å². The summed E-state index contributed by atoms with van der Waals surface area (Å²) in [6, 6.07) is 18.1.